The van der Waals surface area contributed by atoms with E-state index in [-0.39, 0.29) is 34.4 Å². The average Bonchev–Trinajstić information content (AvgIpc) is 3.20. The molecular weight excluding hydrogens is 437 g/mol. The van der Waals surface area contributed by atoms with E-state index in [0.29, 0.717) is 29.8 Å². The largest absolute Gasteiger partial charge is 0.454 e. The fourth-order valence-corrected chi connectivity index (χ4v) is 5.87. The van der Waals surface area contributed by atoms with Gasteiger partial charge in [-0.1, -0.05) is 29.3 Å². The Morgan fingerprint density at radius 1 is 1.21 bits per heavy atom. The number of nitrogens with zero attached hydrogens (tertiary/aromatic N) is 1. The second kappa shape index (κ2) is 8.06. The van der Waals surface area contributed by atoms with E-state index in [0.717, 1.165) is 12.8 Å². The first kappa shape index (κ1) is 20.9. The van der Waals surface area contributed by atoms with Crippen molar-refractivity contribution in [2.75, 3.05) is 4.31 Å². The minimum atomic E-state index is -2.25. The first-order chi connectivity index (χ1) is 13.8. The summed E-state index contributed by atoms with van der Waals surface area (Å²) in [5.74, 6) is 0.824. The van der Waals surface area contributed by atoms with Crippen molar-refractivity contribution in [3.63, 3.8) is 0 Å². The van der Waals surface area contributed by atoms with E-state index in [1.165, 1.54) is 4.31 Å². The Bertz CT molecular complexity index is 935. The summed E-state index contributed by atoms with van der Waals surface area (Å²) in [7, 11) is 0. The molecule has 2 aromatic carbocycles. The van der Waals surface area contributed by atoms with Crippen LogP contribution in [0.1, 0.15) is 31.2 Å². The van der Waals surface area contributed by atoms with Crippen LogP contribution in [0.2, 0.25) is 10.0 Å². The lowest BCUT2D eigenvalue weighted by Gasteiger charge is -2.34. The highest BCUT2D eigenvalue weighted by Crippen LogP contribution is 2.50. The molecule has 4 atom stereocenters. The van der Waals surface area contributed by atoms with Gasteiger partial charge < -0.3 is 14.9 Å². The number of halogens is 2. The minimum absolute atomic E-state index is 0.176. The number of aliphatic hydroxyl groups is 2. The molecule has 0 heterocycles. The summed E-state index contributed by atoms with van der Waals surface area (Å²) < 4.78 is 29.4. The fraction of sp³-hybridized carbons (Fsp3) is 0.400. The highest BCUT2D eigenvalue weighted by molar-refractivity contribution is 7.80. The normalized spacial score (nSPS) is 26.5. The van der Waals surface area contributed by atoms with Gasteiger partial charge in [-0.3, -0.25) is 8.86 Å². The summed E-state index contributed by atoms with van der Waals surface area (Å²) in [6.07, 6.45) is 2.71. The molecule has 0 amide bonds. The average molecular weight is 458 g/mol. The topological polar surface area (TPSA) is 90.2 Å². The molecule has 2 aromatic rings. The van der Waals surface area contributed by atoms with Gasteiger partial charge in [0.05, 0.1) is 34.0 Å². The van der Waals surface area contributed by atoms with Gasteiger partial charge in [0.25, 0.3) is 11.3 Å². The molecule has 2 bridgehead atoms. The third kappa shape index (κ3) is 4.13. The first-order valence-electron chi connectivity index (χ1n) is 9.29. The zero-order valence-electron chi connectivity index (χ0n) is 15.4. The second-order valence-corrected chi connectivity index (χ2v) is 9.37. The number of rotatable bonds is 6. The zero-order chi connectivity index (χ0) is 20.8. The van der Waals surface area contributed by atoms with Crippen molar-refractivity contribution in [2.24, 2.45) is 5.92 Å². The van der Waals surface area contributed by atoms with Gasteiger partial charge in [0.15, 0.2) is 5.75 Å². The van der Waals surface area contributed by atoms with Gasteiger partial charge in [-0.2, -0.15) is 0 Å². The van der Waals surface area contributed by atoms with Crippen molar-refractivity contribution >= 4 is 40.2 Å². The van der Waals surface area contributed by atoms with Gasteiger partial charge in [0.1, 0.15) is 5.75 Å². The van der Waals surface area contributed by atoms with Gasteiger partial charge in [-0.25, -0.2) is 4.21 Å². The molecular formula is C20H21Cl2NO5S. The molecule has 2 fully saturated rings. The molecule has 9 heteroatoms. The molecule has 0 radical (unpaired) electrons. The Morgan fingerprint density at radius 2 is 1.93 bits per heavy atom. The highest BCUT2D eigenvalue weighted by Gasteiger charge is 2.52. The van der Waals surface area contributed by atoms with Crippen molar-refractivity contribution in [3.05, 3.63) is 52.0 Å². The van der Waals surface area contributed by atoms with Crippen LogP contribution in [0, 0.1) is 5.92 Å². The molecule has 0 aromatic heterocycles. The van der Waals surface area contributed by atoms with Crippen molar-refractivity contribution in [1.29, 1.82) is 0 Å². The maximum atomic E-state index is 12.2. The summed E-state index contributed by atoms with van der Waals surface area (Å²) >= 11 is 10.2. The maximum Gasteiger partial charge on any atom is 0.262 e. The molecule has 4 rings (SSSR count). The smallest absolute Gasteiger partial charge is 0.262 e. The first-order valence-corrected chi connectivity index (χ1v) is 11.1. The van der Waals surface area contributed by atoms with Crippen LogP contribution < -0.4 is 9.04 Å². The SMILES string of the molecule is O=S(O)N(c1cccc(Oc2c(Cl)cc(CO)cc2Cl)c1)C1CC2(O)CCC1C2. The Kier molecular flexibility index (Phi) is 5.81. The van der Waals surface area contributed by atoms with Gasteiger partial charge in [0, 0.05) is 6.07 Å². The Hall–Kier alpha value is -1.35. The number of hydrogen-bond donors (Lipinski definition) is 3. The predicted molar refractivity (Wildman–Crippen MR) is 113 cm³/mol. The van der Waals surface area contributed by atoms with E-state index >= 15 is 0 Å². The minimum Gasteiger partial charge on any atom is -0.454 e. The number of ether oxygens (including phenoxy) is 1. The lowest BCUT2D eigenvalue weighted by molar-refractivity contribution is 0.0495. The van der Waals surface area contributed by atoms with Gasteiger partial charge in [-0.15, -0.1) is 0 Å². The van der Waals surface area contributed by atoms with E-state index in [1.54, 1.807) is 36.4 Å². The van der Waals surface area contributed by atoms with Crippen LogP contribution in [0.3, 0.4) is 0 Å². The van der Waals surface area contributed by atoms with Crippen molar-refractivity contribution < 1.29 is 23.7 Å². The van der Waals surface area contributed by atoms with E-state index in [2.05, 4.69) is 0 Å². The van der Waals surface area contributed by atoms with E-state index in [1.807, 2.05) is 0 Å². The maximum absolute atomic E-state index is 12.2. The summed E-state index contributed by atoms with van der Waals surface area (Å²) in [5.41, 5.74) is 0.345. The van der Waals surface area contributed by atoms with Gasteiger partial charge in [0.2, 0.25) is 0 Å². The lowest BCUT2D eigenvalue weighted by atomic mass is 9.93. The molecule has 2 saturated carbocycles. The summed E-state index contributed by atoms with van der Waals surface area (Å²) in [6.45, 7) is -0.193. The number of hydrogen-bond acceptors (Lipinski definition) is 4. The molecule has 6 nitrogen and oxygen atoms in total. The number of fused-ring (bicyclic) bond motifs is 2. The van der Waals surface area contributed by atoms with Gasteiger partial charge in [-0.05, 0) is 61.4 Å². The van der Waals surface area contributed by atoms with Crippen LogP contribution in [-0.2, 0) is 17.9 Å². The number of benzene rings is 2. The molecule has 2 aliphatic rings. The van der Waals surface area contributed by atoms with Gasteiger partial charge >= 0.3 is 0 Å². The summed E-state index contributed by atoms with van der Waals surface area (Å²) in [4.78, 5) is 0. The lowest BCUT2D eigenvalue weighted by Crippen LogP contribution is -2.42. The van der Waals surface area contributed by atoms with Crippen molar-refractivity contribution in [2.45, 2.75) is 43.9 Å². The highest BCUT2D eigenvalue weighted by atomic mass is 35.5. The van der Waals surface area contributed by atoms with Crippen LogP contribution >= 0.6 is 23.2 Å². The Morgan fingerprint density at radius 3 is 2.48 bits per heavy atom. The van der Waals surface area contributed by atoms with E-state index in [9.17, 15) is 19.0 Å². The fourth-order valence-electron chi connectivity index (χ4n) is 4.49. The standard InChI is InChI=1S/C20H21Cl2NO5S/c21-16-6-12(11-24)7-17(22)19(16)28-15-3-1-2-14(8-15)23(29(26)27)18-10-20(25)5-4-13(18)9-20/h1-3,6-8,13,18,24-25H,4-5,9-11H2,(H,26,27). The quantitative estimate of drug-likeness (QED) is 0.554. The molecule has 3 N–H and O–H groups in total. The second-order valence-electron chi connectivity index (χ2n) is 7.70. The van der Waals surface area contributed by atoms with Crippen LogP contribution in [0.4, 0.5) is 5.69 Å². The van der Waals surface area contributed by atoms with Crippen molar-refractivity contribution in [3.8, 4) is 11.5 Å². The van der Waals surface area contributed by atoms with E-state index < -0.39 is 16.9 Å². The predicted octanol–water partition coefficient (Wildman–Crippen LogP) is 4.52. The van der Waals surface area contributed by atoms with Crippen LogP contribution in [0.25, 0.3) is 0 Å². The Balaban J connectivity index is 1.62. The third-order valence-electron chi connectivity index (χ3n) is 5.76. The molecule has 0 aliphatic heterocycles. The van der Waals surface area contributed by atoms with Crippen molar-refractivity contribution in [1.82, 2.24) is 0 Å². The van der Waals surface area contributed by atoms with Crippen LogP contribution in [-0.4, -0.2) is 30.6 Å². The summed E-state index contributed by atoms with van der Waals surface area (Å²) in [6, 6.07) is 9.71. The number of aliphatic hydroxyl groups excluding tert-OH is 1. The van der Waals surface area contributed by atoms with Crippen LogP contribution in [0.15, 0.2) is 36.4 Å². The van der Waals surface area contributed by atoms with E-state index in [4.69, 9.17) is 27.9 Å². The molecule has 0 saturated heterocycles. The molecule has 4 unspecified atom stereocenters. The Labute approximate surface area is 181 Å². The third-order valence-corrected chi connectivity index (χ3v) is 7.14. The zero-order valence-corrected chi connectivity index (χ0v) is 17.8. The molecule has 29 heavy (non-hydrogen) atoms. The monoisotopic (exact) mass is 457 g/mol. The van der Waals surface area contributed by atoms with Crippen LogP contribution in [0.5, 0.6) is 11.5 Å². The summed E-state index contributed by atoms with van der Waals surface area (Å²) in [5, 5.41) is 20.3. The molecule has 0 spiro atoms. The molecule has 156 valence electrons. The number of anilines is 1. The molecule has 2 aliphatic carbocycles.